The van der Waals surface area contributed by atoms with Crippen molar-refractivity contribution in [3.8, 4) is 0 Å². The molecule has 1 heterocycles. The Morgan fingerprint density at radius 1 is 1.00 bits per heavy atom. The van der Waals surface area contributed by atoms with Crippen LogP contribution in [-0.2, 0) is 23.7 Å². The third kappa shape index (κ3) is 9.79. The van der Waals surface area contributed by atoms with E-state index in [-0.39, 0.29) is 12.0 Å². The molecule has 0 radical (unpaired) electrons. The molecule has 0 unspecified atom stereocenters. The number of carbonyl (C=O) groups is 1. The Balaban J connectivity index is 1.75. The number of hydrogen-bond donors (Lipinski definition) is 1. The molecule has 1 fully saturated rings. The summed E-state index contributed by atoms with van der Waals surface area (Å²) in [6, 6.07) is -0.124. The second-order valence-corrected chi connectivity index (χ2v) is 5.01. The first-order chi connectivity index (χ1) is 10.3. The molecule has 1 saturated heterocycles. The van der Waals surface area contributed by atoms with Crippen LogP contribution in [0.25, 0.3) is 0 Å². The lowest BCUT2D eigenvalue weighted by atomic mass is 10.2. The molecule has 0 aromatic heterocycles. The zero-order chi connectivity index (χ0) is 15.2. The summed E-state index contributed by atoms with van der Waals surface area (Å²) < 4.78 is 21.2. The van der Waals surface area contributed by atoms with E-state index in [1.54, 1.807) is 0 Å². The van der Waals surface area contributed by atoms with Gasteiger partial charge in [-0.1, -0.05) is 13.3 Å². The van der Waals surface area contributed by atoms with Crippen LogP contribution >= 0.6 is 0 Å². The highest BCUT2D eigenvalue weighted by molar-refractivity contribution is 5.76. The third-order valence-corrected chi connectivity index (χ3v) is 3.20. The van der Waals surface area contributed by atoms with E-state index in [1.807, 2.05) is 0 Å². The predicted octanol–water partition coefficient (Wildman–Crippen LogP) is 1.13. The molecule has 0 aromatic rings. The van der Waals surface area contributed by atoms with Crippen molar-refractivity contribution in [2.45, 2.75) is 38.6 Å². The lowest BCUT2D eigenvalue weighted by Gasteiger charge is -2.10. The lowest BCUT2D eigenvalue weighted by Crippen LogP contribution is -2.33. The Bertz CT molecular complexity index is 256. The Morgan fingerprint density at radius 3 is 2.19 bits per heavy atom. The number of nitrogens with one attached hydrogen (secondary N) is 1. The molecule has 1 aliphatic heterocycles. The van der Waals surface area contributed by atoms with Gasteiger partial charge in [0.05, 0.1) is 33.0 Å². The SMILES string of the molecule is CCCCOCCOCCOCCOC(=O)[C@H]1CCCN1. The molecule has 0 bridgehead atoms. The largest absolute Gasteiger partial charge is 0.462 e. The second kappa shape index (κ2) is 13.0. The van der Waals surface area contributed by atoms with Gasteiger partial charge in [-0.25, -0.2) is 0 Å². The van der Waals surface area contributed by atoms with Crippen molar-refractivity contribution in [1.82, 2.24) is 5.32 Å². The van der Waals surface area contributed by atoms with Crippen molar-refractivity contribution >= 4 is 5.97 Å². The predicted molar refractivity (Wildman–Crippen MR) is 79.3 cm³/mol. The summed E-state index contributed by atoms with van der Waals surface area (Å²) in [5.41, 5.74) is 0. The van der Waals surface area contributed by atoms with Gasteiger partial charge in [0.15, 0.2) is 0 Å². The zero-order valence-electron chi connectivity index (χ0n) is 13.1. The maximum Gasteiger partial charge on any atom is 0.323 e. The van der Waals surface area contributed by atoms with Gasteiger partial charge in [-0.3, -0.25) is 4.79 Å². The van der Waals surface area contributed by atoms with Crippen LogP contribution in [-0.4, -0.2) is 64.8 Å². The first kappa shape index (κ1) is 18.4. The summed E-state index contributed by atoms with van der Waals surface area (Å²) in [6.45, 7) is 6.82. The number of rotatable bonds is 13. The van der Waals surface area contributed by atoms with Gasteiger partial charge in [0, 0.05) is 6.61 Å². The molecule has 21 heavy (non-hydrogen) atoms. The minimum atomic E-state index is -0.170. The minimum absolute atomic E-state index is 0.124. The number of esters is 1. The summed E-state index contributed by atoms with van der Waals surface area (Å²) in [5, 5.41) is 3.10. The molecule has 0 spiro atoms. The normalized spacial score (nSPS) is 18.0. The van der Waals surface area contributed by atoms with Crippen LogP contribution in [0, 0.1) is 0 Å². The fraction of sp³-hybridized carbons (Fsp3) is 0.933. The Hall–Kier alpha value is -0.690. The van der Waals surface area contributed by atoms with E-state index >= 15 is 0 Å². The Kier molecular flexibility index (Phi) is 11.4. The van der Waals surface area contributed by atoms with Gasteiger partial charge in [-0.2, -0.15) is 0 Å². The molecule has 0 amide bonds. The van der Waals surface area contributed by atoms with Crippen LogP contribution in [0.15, 0.2) is 0 Å². The first-order valence-electron chi connectivity index (χ1n) is 7.98. The number of ether oxygens (including phenoxy) is 4. The Morgan fingerprint density at radius 2 is 1.62 bits per heavy atom. The molecule has 1 atom stereocenters. The smallest absolute Gasteiger partial charge is 0.323 e. The van der Waals surface area contributed by atoms with Gasteiger partial charge in [-0.05, 0) is 25.8 Å². The fourth-order valence-electron chi connectivity index (χ4n) is 1.98. The van der Waals surface area contributed by atoms with E-state index in [0.29, 0.717) is 39.6 Å². The highest BCUT2D eigenvalue weighted by atomic mass is 16.6. The van der Waals surface area contributed by atoms with Crippen LogP contribution in [0.3, 0.4) is 0 Å². The van der Waals surface area contributed by atoms with Crippen molar-refractivity contribution in [3.63, 3.8) is 0 Å². The molecule has 0 aromatic carbocycles. The molecule has 0 saturated carbocycles. The average Bonchev–Trinajstić information content (AvgIpc) is 3.02. The summed E-state index contributed by atoms with van der Waals surface area (Å²) in [4.78, 5) is 11.5. The summed E-state index contributed by atoms with van der Waals surface area (Å²) in [5.74, 6) is -0.170. The number of unbranched alkanes of at least 4 members (excludes halogenated alkanes) is 1. The van der Waals surface area contributed by atoms with Crippen LogP contribution in [0.1, 0.15) is 32.6 Å². The van der Waals surface area contributed by atoms with Crippen molar-refractivity contribution < 1.29 is 23.7 Å². The van der Waals surface area contributed by atoms with Gasteiger partial charge in [0.1, 0.15) is 12.6 Å². The zero-order valence-corrected chi connectivity index (χ0v) is 13.1. The highest BCUT2D eigenvalue weighted by Crippen LogP contribution is 2.06. The molecule has 1 aliphatic rings. The monoisotopic (exact) mass is 303 g/mol. The van der Waals surface area contributed by atoms with E-state index in [0.717, 1.165) is 38.8 Å². The van der Waals surface area contributed by atoms with Crippen molar-refractivity contribution in [2.24, 2.45) is 0 Å². The van der Waals surface area contributed by atoms with Crippen molar-refractivity contribution in [2.75, 3.05) is 52.8 Å². The summed E-state index contributed by atoms with van der Waals surface area (Å²) >= 11 is 0. The topological polar surface area (TPSA) is 66.0 Å². The van der Waals surface area contributed by atoms with Crippen LogP contribution in [0.2, 0.25) is 0 Å². The van der Waals surface area contributed by atoms with Gasteiger partial charge >= 0.3 is 5.97 Å². The molecule has 1 rings (SSSR count). The number of hydrogen-bond acceptors (Lipinski definition) is 6. The molecular weight excluding hydrogens is 274 g/mol. The fourth-order valence-corrected chi connectivity index (χ4v) is 1.98. The van der Waals surface area contributed by atoms with Gasteiger partial charge in [0.25, 0.3) is 0 Å². The van der Waals surface area contributed by atoms with Crippen LogP contribution in [0.4, 0.5) is 0 Å². The van der Waals surface area contributed by atoms with Gasteiger partial charge in [-0.15, -0.1) is 0 Å². The van der Waals surface area contributed by atoms with Gasteiger partial charge < -0.3 is 24.3 Å². The van der Waals surface area contributed by atoms with Crippen molar-refractivity contribution in [1.29, 1.82) is 0 Å². The first-order valence-corrected chi connectivity index (χ1v) is 7.98. The van der Waals surface area contributed by atoms with E-state index in [4.69, 9.17) is 18.9 Å². The minimum Gasteiger partial charge on any atom is -0.462 e. The molecule has 0 aliphatic carbocycles. The molecule has 124 valence electrons. The lowest BCUT2D eigenvalue weighted by molar-refractivity contribution is -0.147. The van der Waals surface area contributed by atoms with E-state index in [9.17, 15) is 4.79 Å². The molecule has 6 nitrogen and oxygen atoms in total. The van der Waals surface area contributed by atoms with E-state index in [1.165, 1.54) is 0 Å². The standard InChI is InChI=1S/C15H29NO5/c1-2-3-7-18-8-9-19-10-11-20-12-13-21-15(17)14-5-4-6-16-14/h14,16H,2-13H2,1H3/t14-/m1/s1. The van der Waals surface area contributed by atoms with Gasteiger partial charge in [0.2, 0.25) is 0 Å². The summed E-state index contributed by atoms with van der Waals surface area (Å²) in [7, 11) is 0. The quantitative estimate of drug-likeness (QED) is 0.406. The number of carbonyl (C=O) groups excluding carboxylic acids is 1. The second-order valence-electron chi connectivity index (χ2n) is 5.01. The van der Waals surface area contributed by atoms with E-state index in [2.05, 4.69) is 12.2 Å². The van der Waals surface area contributed by atoms with E-state index < -0.39 is 0 Å². The molecular formula is C15H29NO5. The highest BCUT2D eigenvalue weighted by Gasteiger charge is 2.22. The van der Waals surface area contributed by atoms with Crippen molar-refractivity contribution in [3.05, 3.63) is 0 Å². The maximum absolute atomic E-state index is 11.5. The average molecular weight is 303 g/mol. The molecule has 6 heteroatoms. The molecule has 1 N–H and O–H groups in total. The van der Waals surface area contributed by atoms with Crippen LogP contribution in [0.5, 0.6) is 0 Å². The summed E-state index contributed by atoms with van der Waals surface area (Å²) in [6.07, 6.45) is 4.15. The Labute approximate surface area is 127 Å². The third-order valence-electron chi connectivity index (χ3n) is 3.20. The maximum atomic E-state index is 11.5. The van der Waals surface area contributed by atoms with Crippen LogP contribution < -0.4 is 5.32 Å².